The fraction of sp³-hybridized carbons (Fsp3) is 0.455. The summed E-state index contributed by atoms with van der Waals surface area (Å²) in [6.45, 7) is 0.473. The van der Waals surface area contributed by atoms with Crippen LogP contribution < -0.4 is 5.73 Å². The normalized spacial score (nSPS) is 11.6. The number of anilines is 1. The summed E-state index contributed by atoms with van der Waals surface area (Å²) < 4.78 is 28.2. The first-order valence-corrected chi connectivity index (χ1v) is 6.89. The standard InChI is InChI=1S/C11H17NO3S/c1-15-7-2-8-16(13,14)9-10-3-5-11(12)6-4-10/h3-6H,2,7-9,12H2,1H3. The van der Waals surface area contributed by atoms with Gasteiger partial charge in [0.1, 0.15) is 0 Å². The molecule has 0 aliphatic rings. The Morgan fingerprint density at radius 3 is 2.44 bits per heavy atom. The van der Waals surface area contributed by atoms with Crippen LogP contribution in [0.1, 0.15) is 12.0 Å². The molecule has 1 rings (SSSR count). The highest BCUT2D eigenvalue weighted by Crippen LogP contribution is 2.10. The van der Waals surface area contributed by atoms with Crippen molar-refractivity contribution in [3.63, 3.8) is 0 Å². The van der Waals surface area contributed by atoms with Gasteiger partial charge in [-0.3, -0.25) is 0 Å². The van der Waals surface area contributed by atoms with Gasteiger partial charge in [-0.25, -0.2) is 8.42 Å². The molecule has 0 heterocycles. The average molecular weight is 243 g/mol. The topological polar surface area (TPSA) is 69.4 Å². The van der Waals surface area contributed by atoms with E-state index in [2.05, 4.69) is 0 Å². The minimum Gasteiger partial charge on any atom is -0.399 e. The lowest BCUT2D eigenvalue weighted by molar-refractivity contribution is 0.199. The summed E-state index contributed by atoms with van der Waals surface area (Å²) in [5.74, 6) is 0.224. The molecule has 0 spiro atoms. The Labute approximate surface area is 96.3 Å². The van der Waals surface area contributed by atoms with Gasteiger partial charge in [0, 0.05) is 19.4 Å². The molecule has 1 aromatic rings. The Bertz CT molecular complexity index is 411. The molecule has 0 aliphatic heterocycles. The predicted octanol–water partition coefficient (Wildman–Crippen LogP) is 1.22. The van der Waals surface area contributed by atoms with Crippen molar-refractivity contribution in [2.45, 2.75) is 12.2 Å². The highest BCUT2D eigenvalue weighted by atomic mass is 32.2. The van der Waals surface area contributed by atoms with Gasteiger partial charge in [0.15, 0.2) is 9.84 Å². The molecule has 0 amide bonds. The third-order valence-corrected chi connectivity index (χ3v) is 3.85. The van der Waals surface area contributed by atoms with E-state index in [0.29, 0.717) is 18.7 Å². The second-order valence-electron chi connectivity index (χ2n) is 3.68. The number of methoxy groups -OCH3 is 1. The number of sulfone groups is 1. The van der Waals surface area contributed by atoms with Gasteiger partial charge in [-0.1, -0.05) is 12.1 Å². The van der Waals surface area contributed by atoms with Crippen LogP contribution in [0.4, 0.5) is 5.69 Å². The molecular weight excluding hydrogens is 226 g/mol. The lowest BCUT2D eigenvalue weighted by Crippen LogP contribution is -2.11. The molecule has 0 aromatic heterocycles. The number of benzene rings is 1. The zero-order valence-electron chi connectivity index (χ0n) is 9.35. The molecule has 0 saturated heterocycles. The Morgan fingerprint density at radius 1 is 1.25 bits per heavy atom. The van der Waals surface area contributed by atoms with Crippen LogP contribution in [0.3, 0.4) is 0 Å². The summed E-state index contributed by atoms with van der Waals surface area (Å²) in [7, 11) is -1.48. The van der Waals surface area contributed by atoms with Gasteiger partial charge in [0.2, 0.25) is 0 Å². The van der Waals surface area contributed by atoms with E-state index in [1.807, 2.05) is 0 Å². The largest absolute Gasteiger partial charge is 0.399 e. The Morgan fingerprint density at radius 2 is 1.88 bits per heavy atom. The summed E-state index contributed by atoms with van der Waals surface area (Å²) in [6, 6.07) is 6.90. The molecule has 16 heavy (non-hydrogen) atoms. The van der Waals surface area contributed by atoms with Crippen LogP contribution >= 0.6 is 0 Å². The summed E-state index contributed by atoms with van der Waals surface area (Å²) in [4.78, 5) is 0. The van der Waals surface area contributed by atoms with Crippen molar-refractivity contribution in [3.05, 3.63) is 29.8 Å². The van der Waals surface area contributed by atoms with Gasteiger partial charge in [-0.05, 0) is 24.1 Å². The van der Waals surface area contributed by atoms with Crippen LogP contribution in [-0.2, 0) is 20.3 Å². The third-order valence-electron chi connectivity index (χ3n) is 2.17. The number of rotatable bonds is 6. The second-order valence-corrected chi connectivity index (χ2v) is 5.86. The van der Waals surface area contributed by atoms with Crippen molar-refractivity contribution in [1.82, 2.24) is 0 Å². The molecule has 90 valence electrons. The maximum Gasteiger partial charge on any atom is 0.154 e. The van der Waals surface area contributed by atoms with E-state index in [1.165, 1.54) is 0 Å². The van der Waals surface area contributed by atoms with Crippen molar-refractivity contribution in [3.8, 4) is 0 Å². The van der Waals surface area contributed by atoms with E-state index < -0.39 is 9.84 Å². The molecule has 5 heteroatoms. The van der Waals surface area contributed by atoms with E-state index in [9.17, 15) is 8.42 Å². The van der Waals surface area contributed by atoms with Gasteiger partial charge < -0.3 is 10.5 Å². The van der Waals surface area contributed by atoms with E-state index in [1.54, 1.807) is 31.4 Å². The maximum absolute atomic E-state index is 11.7. The molecule has 0 saturated carbocycles. The summed E-state index contributed by atoms with van der Waals surface area (Å²) in [6.07, 6.45) is 0.536. The molecule has 0 atom stereocenters. The van der Waals surface area contributed by atoms with E-state index >= 15 is 0 Å². The quantitative estimate of drug-likeness (QED) is 0.602. The van der Waals surface area contributed by atoms with Gasteiger partial charge >= 0.3 is 0 Å². The van der Waals surface area contributed by atoms with Crippen LogP contribution in [0, 0.1) is 0 Å². The predicted molar refractivity (Wildman–Crippen MR) is 64.8 cm³/mol. The number of hydrogen-bond acceptors (Lipinski definition) is 4. The highest BCUT2D eigenvalue weighted by Gasteiger charge is 2.11. The van der Waals surface area contributed by atoms with E-state index in [-0.39, 0.29) is 11.5 Å². The Kier molecular flexibility index (Phi) is 4.76. The molecular formula is C11H17NO3S. The van der Waals surface area contributed by atoms with Crippen LogP contribution in [0.25, 0.3) is 0 Å². The molecule has 0 fully saturated rings. The van der Waals surface area contributed by atoms with Gasteiger partial charge in [-0.2, -0.15) is 0 Å². The van der Waals surface area contributed by atoms with Gasteiger partial charge in [0.05, 0.1) is 11.5 Å². The highest BCUT2D eigenvalue weighted by molar-refractivity contribution is 7.90. The molecule has 4 nitrogen and oxygen atoms in total. The maximum atomic E-state index is 11.7. The third kappa shape index (κ3) is 4.63. The lowest BCUT2D eigenvalue weighted by atomic mass is 10.2. The molecule has 0 aliphatic carbocycles. The minimum absolute atomic E-state index is 0.0665. The summed E-state index contributed by atoms with van der Waals surface area (Å²) in [5, 5.41) is 0. The molecule has 1 aromatic carbocycles. The van der Waals surface area contributed by atoms with E-state index in [0.717, 1.165) is 5.56 Å². The van der Waals surface area contributed by atoms with Crippen LogP contribution in [-0.4, -0.2) is 27.9 Å². The fourth-order valence-electron chi connectivity index (χ4n) is 1.36. The lowest BCUT2D eigenvalue weighted by Gasteiger charge is -2.04. The molecule has 0 unspecified atom stereocenters. The average Bonchev–Trinajstić information content (AvgIpc) is 2.21. The van der Waals surface area contributed by atoms with Crippen molar-refractivity contribution >= 4 is 15.5 Å². The van der Waals surface area contributed by atoms with Crippen molar-refractivity contribution in [2.75, 3.05) is 25.2 Å². The Balaban J connectivity index is 2.55. The number of nitrogens with two attached hydrogens (primary N) is 1. The first-order valence-electron chi connectivity index (χ1n) is 5.07. The Hall–Kier alpha value is -1.07. The molecule has 2 N–H and O–H groups in total. The van der Waals surface area contributed by atoms with E-state index in [4.69, 9.17) is 10.5 Å². The number of hydrogen-bond donors (Lipinski definition) is 1. The van der Waals surface area contributed by atoms with Gasteiger partial charge in [-0.15, -0.1) is 0 Å². The second kappa shape index (κ2) is 5.86. The van der Waals surface area contributed by atoms with Crippen molar-refractivity contribution in [1.29, 1.82) is 0 Å². The minimum atomic E-state index is -3.04. The van der Waals surface area contributed by atoms with Crippen molar-refractivity contribution in [2.24, 2.45) is 0 Å². The summed E-state index contributed by atoms with van der Waals surface area (Å²) >= 11 is 0. The summed E-state index contributed by atoms with van der Waals surface area (Å²) in [5.41, 5.74) is 6.93. The number of ether oxygens (including phenoxy) is 1. The first kappa shape index (κ1) is 13.0. The van der Waals surface area contributed by atoms with Crippen LogP contribution in [0.15, 0.2) is 24.3 Å². The van der Waals surface area contributed by atoms with Crippen molar-refractivity contribution < 1.29 is 13.2 Å². The zero-order chi connectivity index (χ0) is 12.0. The van der Waals surface area contributed by atoms with Crippen LogP contribution in [0.2, 0.25) is 0 Å². The zero-order valence-corrected chi connectivity index (χ0v) is 10.2. The monoisotopic (exact) mass is 243 g/mol. The smallest absolute Gasteiger partial charge is 0.154 e. The van der Waals surface area contributed by atoms with Crippen LogP contribution in [0.5, 0.6) is 0 Å². The van der Waals surface area contributed by atoms with Gasteiger partial charge in [0.25, 0.3) is 0 Å². The fourth-order valence-corrected chi connectivity index (χ4v) is 2.77. The SMILES string of the molecule is COCCCS(=O)(=O)Cc1ccc(N)cc1. The first-order chi connectivity index (χ1) is 7.53. The molecule has 0 bridgehead atoms. The molecule has 0 radical (unpaired) electrons. The number of nitrogen functional groups attached to an aromatic ring is 1.